The summed E-state index contributed by atoms with van der Waals surface area (Å²) in [5.74, 6) is 2.93. The molecule has 0 atom stereocenters. The Kier molecular flexibility index (Phi) is 7.91. The van der Waals surface area contributed by atoms with E-state index in [1.165, 1.54) is 11.1 Å². The smallest absolute Gasteiger partial charge is 0.141 e. The molecule has 37 heavy (non-hydrogen) atoms. The number of fused-ring (bicyclic) bond motifs is 1. The number of piperazine rings is 1. The quantitative estimate of drug-likeness (QED) is 0.300. The number of aryl methyl sites for hydroxylation is 4. The summed E-state index contributed by atoms with van der Waals surface area (Å²) in [5.41, 5.74) is 6.63. The van der Waals surface area contributed by atoms with Crippen LogP contribution < -0.4 is 4.74 Å². The van der Waals surface area contributed by atoms with E-state index in [2.05, 4.69) is 76.0 Å². The van der Waals surface area contributed by atoms with E-state index < -0.39 is 0 Å². The summed E-state index contributed by atoms with van der Waals surface area (Å²) in [6.45, 7) is 13.4. The molecule has 1 fully saturated rings. The zero-order chi connectivity index (χ0) is 25.8. The number of aromatic nitrogens is 3. The van der Waals surface area contributed by atoms with Gasteiger partial charge >= 0.3 is 0 Å². The molecule has 2 aromatic heterocycles. The van der Waals surface area contributed by atoms with E-state index in [0.717, 1.165) is 105 Å². The van der Waals surface area contributed by atoms with Gasteiger partial charge in [-0.2, -0.15) is 0 Å². The van der Waals surface area contributed by atoms with Gasteiger partial charge in [-0.15, -0.1) is 0 Å². The molecule has 2 aromatic carbocycles. The van der Waals surface area contributed by atoms with Gasteiger partial charge in [0.25, 0.3) is 0 Å². The summed E-state index contributed by atoms with van der Waals surface area (Å²) in [6, 6.07) is 15.1. The standard InChI is InChI=1S/C30H39N5O2/c1-5-20-36-26-10-6-24(7-11-26)8-13-29-31-27-21-25(30-22(2)32-37-23(30)3)9-12-28(27)35(29)19-18-34-16-14-33(4)15-17-34/h6-7,9-12,21H,5,8,13-20H2,1-4H3. The first kappa shape index (κ1) is 25.5. The zero-order valence-electron chi connectivity index (χ0n) is 22.7. The Morgan fingerprint density at radius 1 is 0.946 bits per heavy atom. The van der Waals surface area contributed by atoms with Crippen molar-refractivity contribution >= 4 is 11.0 Å². The predicted molar refractivity (Wildman–Crippen MR) is 148 cm³/mol. The van der Waals surface area contributed by atoms with E-state index in [4.69, 9.17) is 14.2 Å². The van der Waals surface area contributed by atoms with Crippen LogP contribution in [0.25, 0.3) is 22.2 Å². The largest absolute Gasteiger partial charge is 0.494 e. The fourth-order valence-electron chi connectivity index (χ4n) is 5.21. The molecule has 0 N–H and O–H groups in total. The molecule has 3 heterocycles. The summed E-state index contributed by atoms with van der Waals surface area (Å²) >= 11 is 0. The van der Waals surface area contributed by atoms with Crippen LogP contribution in [0.1, 0.15) is 36.2 Å². The third-order valence-electron chi connectivity index (χ3n) is 7.42. The van der Waals surface area contributed by atoms with E-state index in [-0.39, 0.29) is 0 Å². The van der Waals surface area contributed by atoms with Gasteiger partial charge in [0.05, 0.1) is 23.3 Å². The SMILES string of the molecule is CCCOc1ccc(CCc2nc3cc(-c4c(C)noc4C)ccc3n2CCN2CCN(C)CC2)cc1. The number of imidazole rings is 1. The highest BCUT2D eigenvalue weighted by atomic mass is 16.5. The van der Waals surface area contributed by atoms with Gasteiger partial charge in [-0.1, -0.05) is 30.3 Å². The average Bonchev–Trinajstić information content (AvgIpc) is 3.44. The Morgan fingerprint density at radius 3 is 2.43 bits per heavy atom. The molecule has 7 nitrogen and oxygen atoms in total. The molecule has 196 valence electrons. The molecule has 0 saturated carbocycles. The van der Waals surface area contributed by atoms with Crippen LogP contribution in [0, 0.1) is 13.8 Å². The molecule has 5 rings (SSSR count). The van der Waals surface area contributed by atoms with Gasteiger partial charge in [-0.25, -0.2) is 4.98 Å². The normalized spacial score (nSPS) is 15.0. The minimum absolute atomic E-state index is 0.757. The van der Waals surface area contributed by atoms with Gasteiger partial charge in [0, 0.05) is 51.3 Å². The Morgan fingerprint density at radius 2 is 1.73 bits per heavy atom. The second-order valence-electron chi connectivity index (χ2n) is 10.2. The second kappa shape index (κ2) is 11.5. The zero-order valence-corrected chi connectivity index (χ0v) is 22.7. The molecule has 0 radical (unpaired) electrons. The molecule has 1 saturated heterocycles. The predicted octanol–water partition coefficient (Wildman–Crippen LogP) is 5.13. The summed E-state index contributed by atoms with van der Waals surface area (Å²) in [4.78, 5) is 10.1. The first-order chi connectivity index (χ1) is 18.0. The van der Waals surface area contributed by atoms with Crippen molar-refractivity contribution in [2.45, 2.75) is 46.6 Å². The molecule has 0 amide bonds. The molecule has 1 aliphatic rings. The topological polar surface area (TPSA) is 59.6 Å². The highest BCUT2D eigenvalue weighted by Gasteiger charge is 2.18. The Hall–Kier alpha value is -3.16. The molecule has 1 aliphatic heterocycles. The van der Waals surface area contributed by atoms with Gasteiger partial charge < -0.3 is 18.7 Å². The highest BCUT2D eigenvalue weighted by Crippen LogP contribution is 2.30. The van der Waals surface area contributed by atoms with Gasteiger partial charge in [-0.3, -0.25) is 4.90 Å². The first-order valence-electron chi connectivity index (χ1n) is 13.6. The maximum Gasteiger partial charge on any atom is 0.141 e. The van der Waals surface area contributed by atoms with Gasteiger partial charge in [0.2, 0.25) is 0 Å². The molecular weight excluding hydrogens is 462 g/mol. The van der Waals surface area contributed by atoms with E-state index >= 15 is 0 Å². The van der Waals surface area contributed by atoms with Crippen LogP contribution in [0.2, 0.25) is 0 Å². The van der Waals surface area contributed by atoms with Gasteiger partial charge in [0.1, 0.15) is 17.3 Å². The first-order valence-corrected chi connectivity index (χ1v) is 13.6. The average molecular weight is 502 g/mol. The molecule has 0 unspecified atom stereocenters. The number of hydrogen-bond acceptors (Lipinski definition) is 6. The molecule has 4 aromatic rings. The van der Waals surface area contributed by atoms with Crippen LogP contribution in [0.5, 0.6) is 5.75 Å². The lowest BCUT2D eigenvalue weighted by atomic mass is 10.0. The summed E-state index contributed by atoms with van der Waals surface area (Å²) in [7, 11) is 2.21. The van der Waals surface area contributed by atoms with Crippen molar-refractivity contribution in [1.82, 2.24) is 24.5 Å². The van der Waals surface area contributed by atoms with Crippen molar-refractivity contribution < 1.29 is 9.26 Å². The molecule has 0 aliphatic carbocycles. The van der Waals surface area contributed by atoms with Crippen molar-refractivity contribution in [2.24, 2.45) is 0 Å². The molecule has 7 heteroatoms. The number of ether oxygens (including phenoxy) is 1. The molecule has 0 spiro atoms. The van der Waals surface area contributed by atoms with Crippen molar-refractivity contribution in [3.8, 4) is 16.9 Å². The third-order valence-corrected chi connectivity index (χ3v) is 7.42. The van der Waals surface area contributed by atoms with E-state index in [0.29, 0.717) is 0 Å². The van der Waals surface area contributed by atoms with Gasteiger partial charge in [-0.05, 0) is 69.1 Å². The maximum atomic E-state index is 5.75. The fraction of sp³-hybridized carbons (Fsp3) is 0.467. The lowest BCUT2D eigenvalue weighted by Gasteiger charge is -2.32. The van der Waals surface area contributed by atoms with Crippen molar-refractivity contribution in [1.29, 1.82) is 0 Å². The number of rotatable bonds is 10. The fourth-order valence-corrected chi connectivity index (χ4v) is 5.21. The van der Waals surface area contributed by atoms with Crippen LogP contribution in [0.3, 0.4) is 0 Å². The number of hydrogen-bond donors (Lipinski definition) is 0. The number of nitrogens with zero attached hydrogens (tertiary/aromatic N) is 5. The van der Waals surface area contributed by atoms with Crippen molar-refractivity contribution in [2.75, 3.05) is 46.4 Å². The number of likely N-dealkylation sites (N-methyl/N-ethyl adjacent to an activating group) is 1. The highest BCUT2D eigenvalue weighted by molar-refractivity contribution is 5.83. The minimum atomic E-state index is 0.757. The minimum Gasteiger partial charge on any atom is -0.494 e. The van der Waals surface area contributed by atoms with Crippen LogP contribution >= 0.6 is 0 Å². The molecular formula is C30H39N5O2. The number of benzene rings is 2. The van der Waals surface area contributed by atoms with E-state index in [9.17, 15) is 0 Å². The second-order valence-corrected chi connectivity index (χ2v) is 10.2. The monoisotopic (exact) mass is 501 g/mol. The van der Waals surface area contributed by atoms with Crippen LogP contribution in [-0.2, 0) is 19.4 Å². The van der Waals surface area contributed by atoms with Gasteiger partial charge in [0.15, 0.2) is 0 Å². The van der Waals surface area contributed by atoms with E-state index in [1.807, 2.05) is 13.8 Å². The van der Waals surface area contributed by atoms with Crippen molar-refractivity contribution in [3.63, 3.8) is 0 Å². The molecule has 0 bridgehead atoms. The van der Waals surface area contributed by atoms with Crippen LogP contribution in [-0.4, -0.2) is 70.9 Å². The van der Waals surface area contributed by atoms with Crippen molar-refractivity contribution in [3.05, 3.63) is 65.3 Å². The van der Waals surface area contributed by atoms with Crippen LogP contribution in [0.15, 0.2) is 47.0 Å². The summed E-state index contributed by atoms with van der Waals surface area (Å²) in [6.07, 6.45) is 2.86. The third kappa shape index (κ3) is 5.89. The maximum absolute atomic E-state index is 5.75. The Balaban J connectivity index is 1.39. The lowest BCUT2D eigenvalue weighted by Crippen LogP contribution is -2.45. The summed E-state index contributed by atoms with van der Waals surface area (Å²) < 4.78 is 13.6. The Labute approximate surface area is 220 Å². The van der Waals surface area contributed by atoms with E-state index in [1.54, 1.807) is 0 Å². The summed E-state index contributed by atoms with van der Waals surface area (Å²) in [5, 5.41) is 4.15. The van der Waals surface area contributed by atoms with Crippen LogP contribution in [0.4, 0.5) is 0 Å². The lowest BCUT2D eigenvalue weighted by molar-refractivity contribution is 0.150. The Bertz CT molecular complexity index is 1300.